The van der Waals surface area contributed by atoms with E-state index in [4.69, 9.17) is 16.3 Å². The Kier molecular flexibility index (Phi) is 6.06. The molecule has 4 rings (SSSR count). The number of halogens is 1. The average molecular weight is 419 g/mol. The zero-order valence-corrected chi connectivity index (χ0v) is 17.5. The molecule has 1 unspecified atom stereocenters. The maximum absolute atomic E-state index is 12.9. The summed E-state index contributed by atoms with van der Waals surface area (Å²) in [7, 11) is 1.62. The van der Waals surface area contributed by atoms with Crippen LogP contribution in [0.3, 0.4) is 0 Å². The van der Waals surface area contributed by atoms with Crippen LogP contribution in [0.5, 0.6) is 0 Å². The number of piperidine rings is 1. The van der Waals surface area contributed by atoms with Gasteiger partial charge in [-0.05, 0) is 37.3 Å². The lowest BCUT2D eigenvalue weighted by atomic mass is 9.96. The van der Waals surface area contributed by atoms with Crippen LogP contribution in [0.1, 0.15) is 49.0 Å². The van der Waals surface area contributed by atoms with Gasteiger partial charge in [0.1, 0.15) is 5.82 Å². The molecule has 0 bridgehead atoms. The second-order valence-electron chi connectivity index (χ2n) is 7.90. The first-order valence-electron chi connectivity index (χ1n) is 10.3. The molecule has 2 aliphatic rings. The van der Waals surface area contributed by atoms with Crippen molar-refractivity contribution in [1.82, 2.24) is 19.2 Å². The number of ether oxygens (including phenoxy) is 1. The highest BCUT2D eigenvalue weighted by Gasteiger charge is 2.35. The highest BCUT2D eigenvalue weighted by atomic mass is 35.5. The Bertz CT molecular complexity index is 934. The molecule has 8 heteroatoms. The fourth-order valence-electron chi connectivity index (χ4n) is 4.05. The molecule has 0 spiro atoms. The zero-order chi connectivity index (χ0) is 20.4. The lowest BCUT2D eigenvalue weighted by Crippen LogP contribution is -2.40. The SMILES string of the molecule is COCCn1nc(C2CCCN(C(=O)Cc3ccccc3Cl)C2)n(C2CC2)c1=O. The molecule has 156 valence electrons. The van der Waals surface area contributed by atoms with E-state index < -0.39 is 0 Å². The third-order valence-corrected chi connectivity index (χ3v) is 6.12. The molecule has 1 saturated carbocycles. The van der Waals surface area contributed by atoms with Crippen LogP contribution in [0.15, 0.2) is 29.1 Å². The smallest absolute Gasteiger partial charge is 0.346 e. The molecule has 2 fully saturated rings. The van der Waals surface area contributed by atoms with Gasteiger partial charge >= 0.3 is 5.69 Å². The number of amides is 1. The number of rotatable bonds is 7. The molecule has 29 heavy (non-hydrogen) atoms. The van der Waals surface area contributed by atoms with E-state index in [1.165, 1.54) is 4.68 Å². The first-order chi connectivity index (χ1) is 14.1. The standard InChI is InChI=1S/C21H27ClN4O3/c1-29-12-11-25-21(28)26(17-8-9-17)20(23-25)16-6-4-10-24(14-16)19(27)13-15-5-2-3-7-18(15)22/h2-3,5,7,16-17H,4,6,8-14H2,1H3. The lowest BCUT2D eigenvalue weighted by Gasteiger charge is -2.32. The van der Waals surface area contributed by atoms with Crippen molar-refractivity contribution >= 4 is 17.5 Å². The van der Waals surface area contributed by atoms with E-state index in [1.807, 2.05) is 33.7 Å². The van der Waals surface area contributed by atoms with Crippen LogP contribution < -0.4 is 5.69 Å². The Hall–Kier alpha value is -2.12. The fourth-order valence-corrected chi connectivity index (χ4v) is 4.25. The predicted molar refractivity (Wildman–Crippen MR) is 110 cm³/mol. The van der Waals surface area contributed by atoms with Gasteiger partial charge in [0.05, 0.1) is 19.6 Å². The second-order valence-corrected chi connectivity index (χ2v) is 8.31. The Morgan fingerprint density at radius 2 is 2.07 bits per heavy atom. The third kappa shape index (κ3) is 4.41. The fraction of sp³-hybridized carbons (Fsp3) is 0.571. The van der Waals surface area contributed by atoms with Crippen molar-refractivity contribution < 1.29 is 9.53 Å². The van der Waals surface area contributed by atoms with Gasteiger partial charge in [-0.2, -0.15) is 5.10 Å². The lowest BCUT2D eigenvalue weighted by molar-refractivity contribution is -0.131. The van der Waals surface area contributed by atoms with E-state index in [0.717, 1.165) is 43.6 Å². The van der Waals surface area contributed by atoms with E-state index in [1.54, 1.807) is 7.11 Å². The van der Waals surface area contributed by atoms with Gasteiger partial charge in [-0.3, -0.25) is 9.36 Å². The predicted octanol–water partition coefficient (Wildman–Crippen LogP) is 2.63. The Morgan fingerprint density at radius 3 is 2.79 bits per heavy atom. The van der Waals surface area contributed by atoms with Crippen LogP contribution in [0.25, 0.3) is 0 Å². The molecular formula is C21H27ClN4O3. The number of benzene rings is 1. The highest BCUT2D eigenvalue weighted by molar-refractivity contribution is 6.31. The third-order valence-electron chi connectivity index (χ3n) is 5.75. The van der Waals surface area contributed by atoms with Gasteiger partial charge in [0, 0.05) is 37.2 Å². The molecule has 1 saturated heterocycles. The van der Waals surface area contributed by atoms with Crippen LogP contribution >= 0.6 is 11.6 Å². The molecule has 0 N–H and O–H groups in total. The monoisotopic (exact) mass is 418 g/mol. The van der Waals surface area contributed by atoms with E-state index in [-0.39, 0.29) is 23.6 Å². The van der Waals surface area contributed by atoms with Crippen LogP contribution in [0.2, 0.25) is 5.02 Å². The van der Waals surface area contributed by atoms with Crippen molar-refractivity contribution in [3.05, 3.63) is 51.2 Å². The maximum Gasteiger partial charge on any atom is 0.346 e. The second kappa shape index (κ2) is 8.71. The number of hydrogen-bond donors (Lipinski definition) is 0. The molecule has 1 atom stereocenters. The molecule has 1 aliphatic carbocycles. The summed E-state index contributed by atoms with van der Waals surface area (Å²) in [5.74, 6) is 0.974. The number of carbonyl (C=O) groups is 1. The molecule has 1 aliphatic heterocycles. The van der Waals surface area contributed by atoms with Gasteiger partial charge in [-0.15, -0.1) is 0 Å². The van der Waals surface area contributed by atoms with E-state index in [9.17, 15) is 9.59 Å². The van der Waals surface area contributed by atoms with E-state index in [0.29, 0.717) is 31.1 Å². The molecule has 1 amide bonds. The Morgan fingerprint density at radius 1 is 1.28 bits per heavy atom. The normalized spacial score (nSPS) is 19.5. The van der Waals surface area contributed by atoms with Gasteiger partial charge < -0.3 is 9.64 Å². The van der Waals surface area contributed by atoms with Gasteiger partial charge in [0.25, 0.3) is 0 Å². The van der Waals surface area contributed by atoms with E-state index >= 15 is 0 Å². The number of aromatic nitrogens is 3. The maximum atomic E-state index is 12.9. The summed E-state index contributed by atoms with van der Waals surface area (Å²) >= 11 is 6.22. The quantitative estimate of drug-likeness (QED) is 0.693. The largest absolute Gasteiger partial charge is 0.383 e. The molecule has 2 aromatic rings. The summed E-state index contributed by atoms with van der Waals surface area (Å²) < 4.78 is 8.49. The van der Waals surface area contributed by atoms with Gasteiger partial charge in [-0.25, -0.2) is 9.48 Å². The van der Waals surface area contributed by atoms with Gasteiger partial charge in [0.2, 0.25) is 5.91 Å². The molecule has 2 heterocycles. The molecule has 7 nitrogen and oxygen atoms in total. The van der Waals surface area contributed by atoms with Crippen LogP contribution in [-0.4, -0.2) is 52.0 Å². The number of carbonyl (C=O) groups excluding carboxylic acids is 1. The highest BCUT2D eigenvalue weighted by Crippen LogP contribution is 2.37. The number of methoxy groups -OCH3 is 1. The van der Waals surface area contributed by atoms with Crippen molar-refractivity contribution in [2.45, 2.75) is 50.6 Å². The summed E-state index contributed by atoms with van der Waals surface area (Å²) in [6.45, 7) is 2.23. The average Bonchev–Trinajstić information content (AvgIpc) is 3.51. The van der Waals surface area contributed by atoms with Gasteiger partial charge in [0.15, 0.2) is 0 Å². The summed E-state index contributed by atoms with van der Waals surface area (Å²) in [6, 6.07) is 7.72. The van der Waals surface area contributed by atoms with E-state index in [2.05, 4.69) is 5.10 Å². The molecule has 1 aromatic carbocycles. The van der Waals surface area contributed by atoms with Crippen molar-refractivity contribution in [3.8, 4) is 0 Å². The molecular weight excluding hydrogens is 392 g/mol. The number of nitrogens with zero attached hydrogens (tertiary/aromatic N) is 4. The number of likely N-dealkylation sites (tertiary alicyclic amines) is 1. The van der Waals surface area contributed by atoms with Crippen molar-refractivity contribution in [2.24, 2.45) is 0 Å². The molecule has 1 aromatic heterocycles. The minimum absolute atomic E-state index is 0.0564. The topological polar surface area (TPSA) is 69.4 Å². The first-order valence-corrected chi connectivity index (χ1v) is 10.7. The van der Waals surface area contributed by atoms with Gasteiger partial charge in [-0.1, -0.05) is 29.8 Å². The summed E-state index contributed by atoms with van der Waals surface area (Å²) in [5.41, 5.74) is 0.791. The van der Waals surface area contributed by atoms with Crippen molar-refractivity contribution in [1.29, 1.82) is 0 Å². The summed E-state index contributed by atoms with van der Waals surface area (Å²) in [6.07, 6.45) is 4.17. The summed E-state index contributed by atoms with van der Waals surface area (Å²) in [5, 5.41) is 5.27. The molecule has 0 radical (unpaired) electrons. The van der Waals surface area contributed by atoms with Crippen LogP contribution in [0, 0.1) is 0 Å². The minimum Gasteiger partial charge on any atom is -0.383 e. The summed E-state index contributed by atoms with van der Waals surface area (Å²) in [4.78, 5) is 27.6. The Labute approximate surface area is 175 Å². The van der Waals surface area contributed by atoms with Crippen molar-refractivity contribution in [2.75, 3.05) is 26.8 Å². The van der Waals surface area contributed by atoms with Crippen LogP contribution in [-0.2, 0) is 22.5 Å². The first kappa shape index (κ1) is 20.2. The van der Waals surface area contributed by atoms with Crippen LogP contribution in [0.4, 0.5) is 0 Å². The van der Waals surface area contributed by atoms with Crippen molar-refractivity contribution in [3.63, 3.8) is 0 Å². The number of hydrogen-bond acceptors (Lipinski definition) is 4. The minimum atomic E-state index is -0.0564. The Balaban J connectivity index is 1.52. The zero-order valence-electron chi connectivity index (χ0n) is 16.7.